The molecule has 3 heteroatoms. The number of hydrogen-bond acceptors (Lipinski definition) is 3. The molecule has 3 aliphatic rings. The van der Waals surface area contributed by atoms with E-state index in [2.05, 4.69) is 214 Å². The summed E-state index contributed by atoms with van der Waals surface area (Å²) in [5.41, 5.74) is 18.6. The molecule has 0 amide bonds. The molecule has 294 valence electrons. The van der Waals surface area contributed by atoms with Crippen molar-refractivity contribution in [2.45, 2.75) is 19.3 Å². The van der Waals surface area contributed by atoms with Crippen LogP contribution in [0.3, 0.4) is 0 Å². The van der Waals surface area contributed by atoms with Gasteiger partial charge >= 0.3 is 0 Å². The molecule has 0 bridgehead atoms. The van der Waals surface area contributed by atoms with Gasteiger partial charge in [0.1, 0.15) is 0 Å². The van der Waals surface area contributed by atoms with Gasteiger partial charge in [-0.15, -0.1) is 0 Å². The van der Waals surface area contributed by atoms with Crippen molar-refractivity contribution in [3.05, 3.63) is 258 Å². The van der Waals surface area contributed by atoms with Crippen LogP contribution in [0.5, 0.6) is 0 Å². The maximum absolute atomic E-state index is 5.32. The van der Waals surface area contributed by atoms with Gasteiger partial charge < -0.3 is 0 Å². The molecule has 0 N–H and O–H groups in total. The fourth-order valence-corrected chi connectivity index (χ4v) is 9.96. The number of allylic oxidation sites excluding steroid dienone is 10. The van der Waals surface area contributed by atoms with Gasteiger partial charge in [0.2, 0.25) is 0 Å². The fraction of sp³-hybridized carbons (Fsp3) is 0.0678. The van der Waals surface area contributed by atoms with E-state index in [0.29, 0.717) is 17.5 Å². The van der Waals surface area contributed by atoms with Crippen molar-refractivity contribution < 1.29 is 0 Å². The molecule has 0 radical (unpaired) electrons. The second-order valence-corrected chi connectivity index (χ2v) is 16.3. The minimum absolute atomic E-state index is 0.0385. The third kappa shape index (κ3) is 6.08. The fourth-order valence-electron chi connectivity index (χ4n) is 9.96. The monoisotopic (exact) mass is 793 g/mol. The molecule has 3 nitrogen and oxygen atoms in total. The highest BCUT2D eigenvalue weighted by Gasteiger charge is 2.54. The van der Waals surface area contributed by atoms with Crippen molar-refractivity contribution >= 4 is 11.1 Å². The Kier molecular flexibility index (Phi) is 9.24. The predicted octanol–water partition coefficient (Wildman–Crippen LogP) is 14.4. The second-order valence-electron chi connectivity index (χ2n) is 16.3. The summed E-state index contributed by atoms with van der Waals surface area (Å²) < 4.78 is 0. The smallest absolute Gasteiger partial charge is 0.164 e. The molecule has 1 aromatic heterocycles. The first-order valence-electron chi connectivity index (χ1n) is 21.5. The molecule has 62 heavy (non-hydrogen) atoms. The number of aromatic nitrogens is 3. The molecule has 0 saturated heterocycles. The van der Waals surface area contributed by atoms with Gasteiger partial charge in [0.05, 0.1) is 5.41 Å². The summed E-state index contributed by atoms with van der Waals surface area (Å²) in [7, 11) is 0. The molecule has 0 saturated carbocycles. The van der Waals surface area contributed by atoms with Crippen molar-refractivity contribution in [2.75, 3.05) is 0 Å². The Hall–Kier alpha value is -7.75. The lowest BCUT2D eigenvalue weighted by Crippen LogP contribution is -2.28. The lowest BCUT2D eigenvalue weighted by atomic mass is 9.67. The average molecular weight is 794 g/mol. The van der Waals surface area contributed by atoms with Gasteiger partial charge in [-0.3, -0.25) is 0 Å². The van der Waals surface area contributed by atoms with Gasteiger partial charge in [-0.1, -0.05) is 207 Å². The molecule has 1 heterocycles. The average Bonchev–Trinajstić information content (AvgIpc) is 3.80. The molecule has 1 spiro atoms. The summed E-state index contributed by atoms with van der Waals surface area (Å²) in [6.45, 7) is 4.41. The van der Waals surface area contributed by atoms with E-state index in [-0.39, 0.29) is 5.92 Å². The zero-order valence-electron chi connectivity index (χ0n) is 34.7. The Labute approximate surface area is 363 Å². The van der Waals surface area contributed by atoms with Gasteiger partial charge in [0, 0.05) is 22.6 Å². The summed E-state index contributed by atoms with van der Waals surface area (Å²) in [4.78, 5) is 15.7. The minimum Gasteiger partial charge on any atom is -0.208 e. The maximum Gasteiger partial charge on any atom is 0.164 e. The quantitative estimate of drug-likeness (QED) is 0.168. The Balaban J connectivity index is 1.10. The highest BCUT2D eigenvalue weighted by molar-refractivity contribution is 6.01. The first-order chi connectivity index (χ1) is 30.6. The van der Waals surface area contributed by atoms with Gasteiger partial charge in [-0.05, 0) is 97.5 Å². The van der Waals surface area contributed by atoms with E-state index in [1.165, 1.54) is 50.1 Å². The van der Waals surface area contributed by atoms with E-state index >= 15 is 0 Å². The standard InChI is InChI=1S/C59H43N3/c1-3-4-26-51-50-29-16-19-32-54(50)59(52-30-17-14-27-48(52)49-28-15-18-31-53(49)59)55(51)47-34-33-43(35-39(47)2)57-60-56(42-24-12-7-13-25-42)61-58(62-57)46-37-44(40-20-8-5-9-21-40)36-45(38-46)41-22-10-6-11-23-41/h3-39H,1-2H3/b4-3-,51-26+,55-47+. The van der Waals surface area contributed by atoms with Gasteiger partial charge in [-0.25, -0.2) is 15.0 Å². The highest BCUT2D eigenvalue weighted by atomic mass is 15.0. The van der Waals surface area contributed by atoms with Gasteiger partial charge in [0.15, 0.2) is 17.5 Å². The highest BCUT2D eigenvalue weighted by Crippen LogP contribution is 2.65. The SMILES string of the molecule is C\C=C/C=C1/C(=C2/C=CC(c3nc(-c4ccccc4)nc(-c4cc(-c5ccccc5)cc(-c5ccccc5)c4)n3)=CC2C)C2(c3ccccc31)c1ccccc1-c1ccccc12. The van der Waals surface area contributed by atoms with E-state index in [0.717, 1.165) is 39.0 Å². The molecular weight excluding hydrogens is 751 g/mol. The number of rotatable bonds is 6. The van der Waals surface area contributed by atoms with E-state index in [1.807, 2.05) is 18.2 Å². The molecule has 0 fully saturated rings. The first-order valence-corrected chi connectivity index (χ1v) is 21.5. The molecule has 1 atom stereocenters. The van der Waals surface area contributed by atoms with Crippen LogP contribution in [0.4, 0.5) is 0 Å². The Morgan fingerprint density at radius 1 is 0.452 bits per heavy atom. The van der Waals surface area contributed by atoms with Crippen LogP contribution >= 0.6 is 0 Å². The van der Waals surface area contributed by atoms with Crippen molar-refractivity contribution in [1.82, 2.24) is 15.0 Å². The van der Waals surface area contributed by atoms with Crippen LogP contribution in [0.1, 0.15) is 41.9 Å². The van der Waals surface area contributed by atoms with E-state index < -0.39 is 5.41 Å². The molecule has 7 aromatic carbocycles. The van der Waals surface area contributed by atoms with Crippen LogP contribution in [0.25, 0.3) is 67.3 Å². The second kappa shape index (κ2) is 15.4. The zero-order chi connectivity index (χ0) is 41.6. The topological polar surface area (TPSA) is 38.7 Å². The van der Waals surface area contributed by atoms with Crippen LogP contribution in [0.15, 0.2) is 230 Å². The maximum atomic E-state index is 5.32. The van der Waals surface area contributed by atoms with Crippen molar-refractivity contribution in [3.63, 3.8) is 0 Å². The van der Waals surface area contributed by atoms with Gasteiger partial charge in [-0.2, -0.15) is 0 Å². The number of nitrogens with zero attached hydrogens (tertiary/aromatic N) is 3. The Bertz CT molecular complexity index is 3080. The van der Waals surface area contributed by atoms with Crippen molar-refractivity contribution in [3.8, 4) is 56.2 Å². The third-order valence-electron chi connectivity index (χ3n) is 12.7. The number of fused-ring (bicyclic) bond motifs is 7. The van der Waals surface area contributed by atoms with Crippen LogP contribution in [0, 0.1) is 5.92 Å². The number of hydrogen-bond donors (Lipinski definition) is 0. The van der Waals surface area contributed by atoms with E-state index in [4.69, 9.17) is 15.0 Å². The number of benzene rings is 7. The minimum atomic E-state index is -0.475. The van der Waals surface area contributed by atoms with Crippen LogP contribution in [-0.2, 0) is 5.41 Å². The van der Waals surface area contributed by atoms with Gasteiger partial charge in [0.25, 0.3) is 0 Å². The van der Waals surface area contributed by atoms with Crippen LogP contribution in [-0.4, -0.2) is 15.0 Å². The van der Waals surface area contributed by atoms with E-state index in [1.54, 1.807) is 0 Å². The molecular formula is C59H43N3. The normalized spacial score (nSPS) is 17.6. The summed E-state index contributed by atoms with van der Waals surface area (Å²) in [5, 5.41) is 0. The molecule has 3 aliphatic carbocycles. The van der Waals surface area contributed by atoms with Crippen LogP contribution in [0.2, 0.25) is 0 Å². The summed E-state index contributed by atoms with van der Waals surface area (Å²) in [6.07, 6.45) is 13.5. The third-order valence-corrected chi connectivity index (χ3v) is 12.7. The summed E-state index contributed by atoms with van der Waals surface area (Å²) in [5.74, 6) is 1.97. The van der Waals surface area contributed by atoms with Crippen molar-refractivity contribution in [1.29, 1.82) is 0 Å². The summed E-state index contributed by atoms with van der Waals surface area (Å²) in [6, 6.07) is 65.0. The zero-order valence-corrected chi connectivity index (χ0v) is 34.7. The lowest BCUT2D eigenvalue weighted by Gasteiger charge is -2.34. The largest absolute Gasteiger partial charge is 0.208 e. The molecule has 0 aliphatic heterocycles. The van der Waals surface area contributed by atoms with Crippen molar-refractivity contribution in [2.24, 2.45) is 5.92 Å². The predicted molar refractivity (Wildman–Crippen MR) is 256 cm³/mol. The van der Waals surface area contributed by atoms with E-state index in [9.17, 15) is 0 Å². The molecule has 11 rings (SSSR count). The summed E-state index contributed by atoms with van der Waals surface area (Å²) >= 11 is 0. The molecule has 1 unspecified atom stereocenters. The Morgan fingerprint density at radius 2 is 0.903 bits per heavy atom. The Morgan fingerprint density at radius 3 is 1.45 bits per heavy atom. The first kappa shape index (κ1) is 37.3. The lowest BCUT2D eigenvalue weighted by molar-refractivity contribution is 0.758. The molecule has 8 aromatic rings. The van der Waals surface area contributed by atoms with Crippen LogP contribution < -0.4 is 0 Å².